The van der Waals surface area contributed by atoms with Crippen LogP contribution in [0, 0.1) is 35.3 Å². The number of hydrogen-bond acceptors (Lipinski definition) is 5. The molecule has 0 aliphatic carbocycles. The smallest absolute Gasteiger partial charge is 0.294 e. The van der Waals surface area contributed by atoms with Crippen LogP contribution in [0.2, 0.25) is 0 Å². The fourth-order valence-corrected chi connectivity index (χ4v) is 1.98. The normalized spacial score (nSPS) is 9.94. The second-order valence-corrected chi connectivity index (χ2v) is 3.91. The van der Waals surface area contributed by atoms with E-state index in [0.29, 0.717) is 30.2 Å². The van der Waals surface area contributed by atoms with Crippen molar-refractivity contribution in [1.29, 1.82) is 5.26 Å². The number of nitriles is 1. The molecule has 0 spiro atoms. The molecule has 1 heterocycles. The van der Waals surface area contributed by atoms with Gasteiger partial charge in [-0.3, -0.25) is 10.1 Å². The average Bonchev–Trinajstić information content (AvgIpc) is 2.30. The van der Waals surface area contributed by atoms with Crippen molar-refractivity contribution in [3.63, 3.8) is 0 Å². The molecule has 0 N–H and O–H groups in total. The van der Waals surface area contributed by atoms with Crippen molar-refractivity contribution in [1.82, 2.24) is 4.98 Å². The first-order valence-corrected chi connectivity index (χ1v) is 5.78. The second kappa shape index (κ2) is 5.45. The second-order valence-electron chi connectivity index (χ2n) is 3.91. The number of anilines is 1. The van der Waals surface area contributed by atoms with Crippen LogP contribution in [0.25, 0.3) is 0 Å². The van der Waals surface area contributed by atoms with Gasteiger partial charge in [0.05, 0.1) is 10.5 Å². The molecule has 0 unspecified atom stereocenters. The third kappa shape index (κ3) is 2.25. The van der Waals surface area contributed by atoms with Crippen LogP contribution in [-0.2, 0) is 0 Å². The van der Waals surface area contributed by atoms with Gasteiger partial charge in [-0.1, -0.05) is 0 Å². The third-order valence-electron chi connectivity index (χ3n) is 2.93. The summed E-state index contributed by atoms with van der Waals surface area (Å²) in [5.41, 5.74) is 0.953. The van der Waals surface area contributed by atoms with Crippen molar-refractivity contribution in [3.8, 4) is 6.07 Å². The van der Waals surface area contributed by atoms with E-state index in [-0.39, 0.29) is 11.3 Å². The van der Waals surface area contributed by atoms with Crippen LogP contribution in [-0.4, -0.2) is 23.0 Å². The molecule has 6 heteroatoms. The first kappa shape index (κ1) is 13.9. The van der Waals surface area contributed by atoms with Crippen LogP contribution < -0.4 is 4.90 Å². The molecular weight excluding hydrogens is 232 g/mol. The van der Waals surface area contributed by atoms with Crippen molar-refractivity contribution in [2.24, 2.45) is 0 Å². The molecule has 1 aromatic rings. The maximum absolute atomic E-state index is 11.0. The number of nitrogens with zero attached hydrogens (tertiary/aromatic N) is 4. The van der Waals surface area contributed by atoms with Crippen molar-refractivity contribution >= 4 is 11.5 Å². The number of pyridine rings is 1. The van der Waals surface area contributed by atoms with Gasteiger partial charge in [0.1, 0.15) is 23.1 Å². The van der Waals surface area contributed by atoms with Crippen LogP contribution in [0.5, 0.6) is 0 Å². The summed E-state index contributed by atoms with van der Waals surface area (Å²) in [5, 5.41) is 20.2. The Bertz CT molecular complexity index is 516. The maximum Gasteiger partial charge on any atom is 0.294 e. The number of rotatable bonds is 4. The molecule has 0 aliphatic heterocycles. The van der Waals surface area contributed by atoms with Crippen LogP contribution in [0.3, 0.4) is 0 Å². The van der Waals surface area contributed by atoms with Crippen molar-refractivity contribution in [2.45, 2.75) is 27.7 Å². The molecule has 0 saturated heterocycles. The maximum atomic E-state index is 11.0. The SMILES string of the molecule is CCN(CC)c1nc(C)c([N+](=O)[O-])c(C)c1C#N. The summed E-state index contributed by atoms with van der Waals surface area (Å²) in [6.45, 7) is 8.51. The average molecular weight is 248 g/mol. The summed E-state index contributed by atoms with van der Waals surface area (Å²) in [7, 11) is 0. The zero-order chi connectivity index (χ0) is 13.9. The van der Waals surface area contributed by atoms with E-state index in [1.807, 2.05) is 24.8 Å². The minimum atomic E-state index is -0.482. The lowest BCUT2D eigenvalue weighted by atomic mass is 10.1. The van der Waals surface area contributed by atoms with Gasteiger partial charge in [-0.05, 0) is 27.7 Å². The molecule has 0 radical (unpaired) electrons. The van der Waals surface area contributed by atoms with E-state index in [1.54, 1.807) is 13.8 Å². The van der Waals surface area contributed by atoms with Gasteiger partial charge < -0.3 is 4.90 Å². The van der Waals surface area contributed by atoms with Crippen molar-refractivity contribution < 1.29 is 4.92 Å². The molecule has 0 bridgehead atoms. The molecule has 0 aliphatic rings. The fourth-order valence-electron chi connectivity index (χ4n) is 1.98. The molecule has 1 aromatic heterocycles. The zero-order valence-corrected chi connectivity index (χ0v) is 11.0. The largest absolute Gasteiger partial charge is 0.356 e. The minimum Gasteiger partial charge on any atom is -0.356 e. The van der Waals surface area contributed by atoms with E-state index in [4.69, 9.17) is 0 Å². The molecule has 96 valence electrons. The Hall–Kier alpha value is -2.16. The molecular formula is C12H16N4O2. The number of aryl methyl sites for hydroxylation is 1. The van der Waals surface area contributed by atoms with Gasteiger partial charge in [0, 0.05) is 13.1 Å². The third-order valence-corrected chi connectivity index (χ3v) is 2.93. The molecule has 0 aromatic carbocycles. The van der Waals surface area contributed by atoms with Crippen molar-refractivity contribution in [3.05, 3.63) is 26.9 Å². The summed E-state index contributed by atoms with van der Waals surface area (Å²) in [6, 6.07) is 2.03. The quantitative estimate of drug-likeness (QED) is 0.603. The zero-order valence-electron chi connectivity index (χ0n) is 11.0. The lowest BCUT2D eigenvalue weighted by molar-refractivity contribution is -0.386. The molecule has 6 nitrogen and oxygen atoms in total. The molecule has 0 saturated carbocycles. The first-order valence-electron chi connectivity index (χ1n) is 5.78. The monoisotopic (exact) mass is 248 g/mol. The predicted octanol–water partition coefficient (Wildman–Crippen LogP) is 2.32. The van der Waals surface area contributed by atoms with E-state index in [9.17, 15) is 15.4 Å². The van der Waals surface area contributed by atoms with E-state index < -0.39 is 4.92 Å². The Labute approximate surface area is 106 Å². The Kier molecular flexibility index (Phi) is 4.21. The van der Waals surface area contributed by atoms with Gasteiger partial charge in [-0.25, -0.2) is 4.98 Å². The molecule has 0 atom stereocenters. The van der Waals surface area contributed by atoms with Crippen LogP contribution >= 0.6 is 0 Å². The Morgan fingerprint density at radius 3 is 2.33 bits per heavy atom. The summed E-state index contributed by atoms with van der Waals surface area (Å²) >= 11 is 0. The van der Waals surface area contributed by atoms with Crippen LogP contribution in [0.15, 0.2) is 0 Å². The van der Waals surface area contributed by atoms with Gasteiger partial charge in [-0.15, -0.1) is 0 Å². The highest BCUT2D eigenvalue weighted by atomic mass is 16.6. The summed E-state index contributed by atoms with van der Waals surface area (Å²) in [6.07, 6.45) is 0. The lowest BCUT2D eigenvalue weighted by Crippen LogP contribution is -2.25. The summed E-state index contributed by atoms with van der Waals surface area (Å²) < 4.78 is 0. The number of hydrogen-bond donors (Lipinski definition) is 0. The highest BCUT2D eigenvalue weighted by Gasteiger charge is 2.24. The van der Waals surface area contributed by atoms with Gasteiger partial charge in [0.25, 0.3) is 5.69 Å². The molecule has 0 amide bonds. The standard InChI is InChI=1S/C12H16N4O2/c1-5-15(6-2)12-10(7-13)8(3)11(16(17)18)9(4)14-12/h5-6H2,1-4H3. The minimum absolute atomic E-state index is 0.0672. The van der Waals surface area contributed by atoms with Gasteiger partial charge in [-0.2, -0.15) is 5.26 Å². The number of nitro groups is 1. The van der Waals surface area contributed by atoms with E-state index in [2.05, 4.69) is 4.98 Å². The fraction of sp³-hybridized carbons (Fsp3) is 0.500. The molecule has 1 rings (SSSR count). The topological polar surface area (TPSA) is 83.1 Å². The van der Waals surface area contributed by atoms with Crippen LogP contribution in [0.4, 0.5) is 11.5 Å². The van der Waals surface area contributed by atoms with Gasteiger partial charge in [0.15, 0.2) is 0 Å². The Morgan fingerprint density at radius 2 is 1.94 bits per heavy atom. The first-order chi connectivity index (χ1) is 8.47. The van der Waals surface area contributed by atoms with E-state index >= 15 is 0 Å². The lowest BCUT2D eigenvalue weighted by Gasteiger charge is -2.22. The molecule has 0 fully saturated rings. The predicted molar refractivity (Wildman–Crippen MR) is 68.6 cm³/mol. The summed E-state index contributed by atoms with van der Waals surface area (Å²) in [5.74, 6) is 0.531. The Balaban J connectivity index is 3.58. The van der Waals surface area contributed by atoms with Crippen molar-refractivity contribution in [2.75, 3.05) is 18.0 Å². The van der Waals surface area contributed by atoms with Crippen LogP contribution in [0.1, 0.15) is 30.7 Å². The van der Waals surface area contributed by atoms with Gasteiger partial charge in [0.2, 0.25) is 0 Å². The van der Waals surface area contributed by atoms with Gasteiger partial charge >= 0.3 is 0 Å². The highest BCUT2D eigenvalue weighted by molar-refractivity contribution is 5.64. The molecule has 18 heavy (non-hydrogen) atoms. The number of aromatic nitrogens is 1. The Morgan fingerprint density at radius 1 is 1.39 bits per heavy atom. The summed E-state index contributed by atoms with van der Waals surface area (Å²) in [4.78, 5) is 16.6. The van der Waals surface area contributed by atoms with E-state index in [0.717, 1.165) is 0 Å². The van der Waals surface area contributed by atoms with E-state index in [1.165, 1.54) is 0 Å². The highest BCUT2D eigenvalue weighted by Crippen LogP contribution is 2.30.